The smallest absolute Gasteiger partial charge is 0.248 e. The van der Waals surface area contributed by atoms with Crippen LogP contribution in [0.2, 0.25) is 0 Å². The molecular weight excluding hydrogens is 318 g/mol. The second-order valence-corrected chi connectivity index (χ2v) is 5.81. The number of ether oxygens (including phenoxy) is 1. The molecule has 128 valence electrons. The molecule has 1 fully saturated rings. The van der Waals surface area contributed by atoms with Crippen LogP contribution in [-0.2, 0) is 9.53 Å². The van der Waals surface area contributed by atoms with E-state index < -0.39 is 11.3 Å². The number of carbonyl (C=O) groups is 2. The maximum absolute atomic E-state index is 12.8. The van der Waals surface area contributed by atoms with Crippen molar-refractivity contribution in [1.29, 1.82) is 0 Å². The van der Waals surface area contributed by atoms with Crippen LogP contribution in [-0.4, -0.2) is 38.6 Å². The Morgan fingerprint density at radius 3 is 2.57 bits per heavy atom. The number of anilines is 1. The number of primary amides is 1. The highest BCUT2D eigenvalue weighted by Crippen LogP contribution is 2.31. The fourth-order valence-electron chi connectivity index (χ4n) is 2.78. The molecule has 23 heavy (non-hydrogen) atoms. The van der Waals surface area contributed by atoms with Gasteiger partial charge in [0, 0.05) is 18.4 Å². The summed E-state index contributed by atoms with van der Waals surface area (Å²) in [5.74, 6) is -0.579. The van der Waals surface area contributed by atoms with E-state index in [9.17, 15) is 9.59 Å². The molecule has 2 amide bonds. The van der Waals surface area contributed by atoms with E-state index in [0.29, 0.717) is 17.9 Å². The molecule has 1 aliphatic rings. The molecular formula is C16H24ClN3O3. The molecule has 0 aliphatic carbocycles. The van der Waals surface area contributed by atoms with E-state index in [0.717, 1.165) is 31.5 Å². The zero-order valence-electron chi connectivity index (χ0n) is 13.5. The number of carbonyl (C=O) groups excluding carboxylic acids is 2. The quantitative estimate of drug-likeness (QED) is 0.756. The number of rotatable bonds is 5. The summed E-state index contributed by atoms with van der Waals surface area (Å²) in [6, 6.07) is 5.06. The van der Waals surface area contributed by atoms with Crippen molar-refractivity contribution >= 4 is 29.9 Å². The van der Waals surface area contributed by atoms with E-state index in [1.54, 1.807) is 25.3 Å². The highest BCUT2D eigenvalue weighted by atomic mass is 35.5. The Morgan fingerprint density at radius 1 is 1.35 bits per heavy atom. The summed E-state index contributed by atoms with van der Waals surface area (Å²) >= 11 is 0. The van der Waals surface area contributed by atoms with Gasteiger partial charge in [-0.05, 0) is 50.6 Å². The Labute approximate surface area is 142 Å². The molecule has 0 spiro atoms. The number of hydrogen-bond acceptors (Lipinski definition) is 4. The van der Waals surface area contributed by atoms with Crippen molar-refractivity contribution in [3.63, 3.8) is 0 Å². The standard InChI is InChI=1S/C16H23N3O3.ClH/c1-11-3-4-12(14(17)20)9-13(11)19-15(21)16(10-22-2)5-7-18-8-6-16;/h3-4,9,18H,5-8,10H2,1-2H3,(H2,17,20)(H,19,21);1H. The van der Waals surface area contributed by atoms with Gasteiger partial charge in [0.25, 0.3) is 0 Å². The molecule has 0 atom stereocenters. The lowest BCUT2D eigenvalue weighted by Gasteiger charge is -2.35. The van der Waals surface area contributed by atoms with Crippen molar-refractivity contribution in [2.75, 3.05) is 32.1 Å². The minimum atomic E-state index is -0.533. The molecule has 0 aromatic heterocycles. The van der Waals surface area contributed by atoms with Crippen molar-refractivity contribution in [2.45, 2.75) is 19.8 Å². The van der Waals surface area contributed by atoms with Crippen molar-refractivity contribution in [3.05, 3.63) is 29.3 Å². The summed E-state index contributed by atoms with van der Waals surface area (Å²) in [6.07, 6.45) is 1.45. The monoisotopic (exact) mass is 341 g/mol. The molecule has 6 nitrogen and oxygen atoms in total. The van der Waals surface area contributed by atoms with E-state index in [1.807, 2.05) is 6.92 Å². The molecule has 0 bridgehead atoms. The molecule has 1 aromatic rings. The highest BCUT2D eigenvalue weighted by molar-refractivity contribution is 5.99. The maximum Gasteiger partial charge on any atom is 0.248 e. The first-order valence-corrected chi connectivity index (χ1v) is 7.40. The van der Waals surface area contributed by atoms with Crippen molar-refractivity contribution in [1.82, 2.24) is 5.32 Å². The van der Waals surface area contributed by atoms with E-state index >= 15 is 0 Å². The number of piperidine rings is 1. The van der Waals surface area contributed by atoms with Gasteiger partial charge in [0.1, 0.15) is 0 Å². The van der Waals surface area contributed by atoms with Gasteiger partial charge in [-0.15, -0.1) is 12.4 Å². The van der Waals surface area contributed by atoms with E-state index in [4.69, 9.17) is 10.5 Å². The highest BCUT2D eigenvalue weighted by Gasteiger charge is 2.39. The van der Waals surface area contributed by atoms with E-state index in [-0.39, 0.29) is 18.3 Å². The topological polar surface area (TPSA) is 93.4 Å². The molecule has 1 aromatic carbocycles. The second kappa shape index (κ2) is 8.29. The molecule has 4 N–H and O–H groups in total. The first-order chi connectivity index (χ1) is 10.5. The first-order valence-electron chi connectivity index (χ1n) is 7.40. The van der Waals surface area contributed by atoms with Gasteiger partial charge < -0.3 is 21.1 Å². The van der Waals surface area contributed by atoms with Crippen LogP contribution in [0, 0.1) is 12.3 Å². The van der Waals surface area contributed by atoms with E-state index in [1.165, 1.54) is 0 Å². The molecule has 1 aliphatic heterocycles. The average Bonchev–Trinajstić information content (AvgIpc) is 2.50. The van der Waals surface area contributed by atoms with Gasteiger partial charge in [-0.25, -0.2) is 0 Å². The number of hydrogen-bond donors (Lipinski definition) is 3. The Hall–Kier alpha value is -1.63. The van der Waals surface area contributed by atoms with Crippen LogP contribution < -0.4 is 16.4 Å². The third-order valence-electron chi connectivity index (χ3n) is 4.23. The predicted octanol–water partition coefficient (Wildman–Crippen LogP) is 1.47. The lowest BCUT2D eigenvalue weighted by atomic mass is 9.78. The lowest BCUT2D eigenvalue weighted by molar-refractivity contribution is -0.130. The van der Waals surface area contributed by atoms with Crippen LogP contribution in [0.3, 0.4) is 0 Å². The molecule has 1 heterocycles. The number of amides is 2. The van der Waals surface area contributed by atoms with Gasteiger partial charge in [0.15, 0.2) is 0 Å². The van der Waals surface area contributed by atoms with Crippen LogP contribution >= 0.6 is 12.4 Å². The molecule has 7 heteroatoms. The summed E-state index contributed by atoms with van der Waals surface area (Å²) in [5.41, 5.74) is 6.66. The van der Waals surface area contributed by atoms with Crippen LogP contribution in [0.15, 0.2) is 18.2 Å². The normalized spacial score (nSPS) is 16.3. The zero-order chi connectivity index (χ0) is 16.2. The fraction of sp³-hybridized carbons (Fsp3) is 0.500. The average molecular weight is 342 g/mol. The number of nitrogens with two attached hydrogens (primary N) is 1. The van der Waals surface area contributed by atoms with Crippen LogP contribution in [0.4, 0.5) is 5.69 Å². The van der Waals surface area contributed by atoms with Gasteiger partial charge in [-0.3, -0.25) is 9.59 Å². The number of halogens is 1. The Morgan fingerprint density at radius 2 is 2.00 bits per heavy atom. The first kappa shape index (κ1) is 19.4. The largest absolute Gasteiger partial charge is 0.384 e. The van der Waals surface area contributed by atoms with Crippen molar-refractivity contribution in [2.24, 2.45) is 11.1 Å². The molecule has 0 saturated carbocycles. The summed E-state index contributed by atoms with van der Waals surface area (Å²) in [5, 5.41) is 6.20. The van der Waals surface area contributed by atoms with Crippen molar-refractivity contribution < 1.29 is 14.3 Å². The predicted molar refractivity (Wildman–Crippen MR) is 92.0 cm³/mol. The summed E-state index contributed by atoms with van der Waals surface area (Å²) < 4.78 is 5.27. The number of aryl methyl sites for hydroxylation is 1. The summed E-state index contributed by atoms with van der Waals surface area (Å²) in [6.45, 7) is 3.84. The van der Waals surface area contributed by atoms with Crippen LogP contribution in [0.25, 0.3) is 0 Å². The summed E-state index contributed by atoms with van der Waals surface area (Å²) in [7, 11) is 1.61. The maximum atomic E-state index is 12.8. The lowest BCUT2D eigenvalue weighted by Crippen LogP contribution is -2.47. The third kappa shape index (κ3) is 4.43. The SMILES string of the molecule is COCC1(C(=O)Nc2cc(C(N)=O)ccc2C)CCNCC1.Cl. The van der Waals surface area contributed by atoms with Gasteiger partial charge in [0.05, 0.1) is 12.0 Å². The van der Waals surface area contributed by atoms with Crippen LogP contribution in [0.1, 0.15) is 28.8 Å². The third-order valence-corrected chi connectivity index (χ3v) is 4.23. The van der Waals surface area contributed by atoms with Crippen molar-refractivity contribution in [3.8, 4) is 0 Å². The van der Waals surface area contributed by atoms with Gasteiger partial charge in [0.2, 0.25) is 11.8 Å². The number of methoxy groups -OCH3 is 1. The Balaban J connectivity index is 0.00000264. The van der Waals surface area contributed by atoms with Crippen LogP contribution in [0.5, 0.6) is 0 Å². The fourth-order valence-corrected chi connectivity index (χ4v) is 2.78. The molecule has 2 rings (SSSR count). The second-order valence-electron chi connectivity index (χ2n) is 5.81. The Bertz CT molecular complexity index is 566. The van der Waals surface area contributed by atoms with Gasteiger partial charge in [-0.1, -0.05) is 6.07 Å². The van der Waals surface area contributed by atoms with Gasteiger partial charge >= 0.3 is 0 Å². The molecule has 1 saturated heterocycles. The minimum Gasteiger partial charge on any atom is -0.384 e. The summed E-state index contributed by atoms with van der Waals surface area (Å²) in [4.78, 5) is 24.1. The molecule has 0 unspecified atom stereocenters. The van der Waals surface area contributed by atoms with Gasteiger partial charge in [-0.2, -0.15) is 0 Å². The van der Waals surface area contributed by atoms with E-state index in [2.05, 4.69) is 10.6 Å². The molecule has 0 radical (unpaired) electrons. The Kier molecular flexibility index (Phi) is 7.00. The zero-order valence-corrected chi connectivity index (χ0v) is 14.3. The number of benzene rings is 1. The minimum absolute atomic E-state index is 0. The number of nitrogens with one attached hydrogen (secondary N) is 2.